The molecule has 2 saturated heterocycles. The molecule has 0 bridgehead atoms. The number of carbonyl (C=O) groups excluding carboxylic acids is 7. The molecule has 0 radical (unpaired) electrons. The second kappa shape index (κ2) is 27.3. The number of aromatic nitrogens is 4. The molecule has 0 spiro atoms. The lowest BCUT2D eigenvalue weighted by Crippen LogP contribution is -2.66. The van der Waals surface area contributed by atoms with Crippen molar-refractivity contribution in [1.29, 1.82) is 0 Å². The molecule has 412 valence electrons. The highest BCUT2D eigenvalue weighted by Gasteiger charge is 2.49. The molecule has 3 aliphatic rings. The van der Waals surface area contributed by atoms with E-state index in [1.54, 1.807) is 40.2 Å². The number of hydrogen-bond donors (Lipinski definition) is 14. The first-order valence-corrected chi connectivity index (χ1v) is 26.0. The van der Waals surface area contributed by atoms with E-state index in [4.69, 9.17) is 4.74 Å². The van der Waals surface area contributed by atoms with Gasteiger partial charge in [0.15, 0.2) is 0 Å². The second-order valence-electron chi connectivity index (χ2n) is 20.1. The Morgan fingerprint density at radius 2 is 1.45 bits per heavy atom. The lowest BCUT2D eigenvalue weighted by atomic mass is 9.81. The fourth-order valence-electron chi connectivity index (χ4n) is 9.03. The van der Waals surface area contributed by atoms with Crippen LogP contribution in [-0.4, -0.2) is 200 Å². The number of aliphatic hydroxyl groups is 5. The van der Waals surface area contributed by atoms with Gasteiger partial charge in [-0.2, -0.15) is 0 Å². The molecule has 1 aliphatic carbocycles. The van der Waals surface area contributed by atoms with E-state index in [9.17, 15) is 69.0 Å². The Balaban J connectivity index is 1.16. The summed E-state index contributed by atoms with van der Waals surface area (Å²) >= 11 is 0.875. The summed E-state index contributed by atoms with van der Waals surface area (Å²) in [5.41, 5.74) is 1.32. The van der Waals surface area contributed by atoms with Gasteiger partial charge in [0.1, 0.15) is 42.5 Å². The van der Waals surface area contributed by atoms with Crippen molar-refractivity contribution in [2.45, 2.75) is 152 Å². The number of likely N-dealkylation sites (tertiary alicyclic amines) is 1. The van der Waals surface area contributed by atoms with E-state index in [1.807, 2.05) is 0 Å². The maximum absolute atomic E-state index is 14.1. The van der Waals surface area contributed by atoms with Gasteiger partial charge in [-0.25, -0.2) is 14.8 Å². The average Bonchev–Trinajstić information content (AvgIpc) is 4.13. The van der Waals surface area contributed by atoms with Crippen molar-refractivity contribution >= 4 is 59.1 Å². The minimum absolute atomic E-state index is 0.000124. The highest BCUT2D eigenvalue weighted by atomic mass is 32.2. The number of amides is 7. The van der Waals surface area contributed by atoms with Crippen LogP contribution in [0.1, 0.15) is 84.5 Å². The topological polar surface area (TPSA) is 400 Å². The summed E-state index contributed by atoms with van der Waals surface area (Å²) in [5.74, 6) is -9.72. The summed E-state index contributed by atoms with van der Waals surface area (Å²) in [5, 5.41) is 77.0. The van der Waals surface area contributed by atoms with Gasteiger partial charge in [0.25, 0.3) is 0 Å². The Bertz CT molecular complexity index is 2210. The lowest BCUT2D eigenvalue weighted by molar-refractivity contribution is -0.318. The minimum Gasteiger partial charge on any atom is -0.480 e. The smallest absolute Gasteiger partial charge is 0.327 e. The number of carboxylic acid groups (broad SMARTS) is 1. The van der Waals surface area contributed by atoms with Crippen molar-refractivity contribution in [2.75, 3.05) is 32.0 Å². The zero-order valence-electron chi connectivity index (χ0n) is 42.2. The second-order valence-corrected chi connectivity index (χ2v) is 21.4. The van der Waals surface area contributed by atoms with Gasteiger partial charge in [0.05, 0.1) is 43.2 Å². The molecule has 27 heteroatoms. The first-order valence-electron chi connectivity index (χ1n) is 24.9. The number of aromatic amines is 2. The number of nitrogens with zero attached hydrogens (tertiary/aromatic N) is 3. The van der Waals surface area contributed by atoms with E-state index < -0.39 is 126 Å². The summed E-state index contributed by atoms with van der Waals surface area (Å²) < 4.78 is 5.21. The van der Waals surface area contributed by atoms with Crippen LogP contribution in [0, 0.1) is 23.7 Å². The van der Waals surface area contributed by atoms with E-state index >= 15 is 0 Å². The maximum Gasteiger partial charge on any atom is 0.327 e. The molecule has 74 heavy (non-hydrogen) atoms. The number of aliphatic carboxylic acids is 1. The van der Waals surface area contributed by atoms with Crippen LogP contribution in [0.15, 0.2) is 25.0 Å². The predicted molar refractivity (Wildman–Crippen MR) is 263 cm³/mol. The number of carbonyl (C=O) groups is 8. The van der Waals surface area contributed by atoms with Gasteiger partial charge < -0.3 is 77.2 Å². The van der Waals surface area contributed by atoms with Crippen LogP contribution in [0.25, 0.3) is 0 Å². The average molecular weight is 1060 g/mol. The zero-order chi connectivity index (χ0) is 54.4. The number of imide groups is 1. The molecule has 4 heterocycles. The number of H-pyrrole nitrogens is 2. The highest BCUT2D eigenvalue weighted by molar-refractivity contribution is 8.00. The summed E-state index contributed by atoms with van der Waals surface area (Å²) in [4.78, 5) is 122. The van der Waals surface area contributed by atoms with Gasteiger partial charge in [-0.1, -0.05) is 27.7 Å². The third kappa shape index (κ3) is 16.5. The number of thioether (sulfide) groups is 1. The number of nitrogens with one attached hydrogen (secondary N) is 8. The van der Waals surface area contributed by atoms with Crippen LogP contribution in [0.4, 0.5) is 0 Å². The highest BCUT2D eigenvalue weighted by Crippen LogP contribution is 2.33. The van der Waals surface area contributed by atoms with Crippen LogP contribution in [0.3, 0.4) is 0 Å². The van der Waals surface area contributed by atoms with E-state index in [0.29, 0.717) is 44.3 Å². The fraction of sp³-hybridized carbons (Fsp3) is 0.702. The Morgan fingerprint density at radius 3 is 2.04 bits per heavy atom. The molecule has 8 unspecified atom stereocenters. The van der Waals surface area contributed by atoms with E-state index in [-0.39, 0.29) is 55.2 Å². The number of hydrogen-bond acceptors (Lipinski definition) is 18. The molecule has 2 aliphatic heterocycles. The van der Waals surface area contributed by atoms with Crippen molar-refractivity contribution < 1.29 is 73.7 Å². The summed E-state index contributed by atoms with van der Waals surface area (Å²) in [6.07, 6.45) is 2.04. The molecule has 0 aromatic carbocycles. The van der Waals surface area contributed by atoms with Crippen molar-refractivity contribution in [1.82, 2.24) is 56.7 Å². The minimum atomic E-state index is -2.39. The number of ether oxygens (including phenoxy) is 1. The Kier molecular flexibility index (Phi) is 21.9. The standard InChI is InChI=1S/C47H73N11O15S/c1-23(2)12-30(54-41(65)31(13-29-16-49-22-53-29)55-43(67)36(24(3)4)51-20-47(72)39(63)38(62)33(60)18-73-47)42(66)57-37(25(5)59)44(68)56-32(46(70)71)19-74-34-14-35(61)58(45(34)69)17-26-6-8-27(9-7-26)40(64)50-11-10-28-15-48-21-52-28/h15-16,21-27,30-34,36-39,51,59-60,62-63,72H,6-14,17-20H2,1-5H3,(H,48,52)(H,49,53)(H,50,64)(H,54,65)(H,55,67)(H,56,68)(H,57,66)(H,70,71)/t25?,26?,27?,30?,31?,32?,33-,34?,36?,37?,38-,39+,47?/m0/s1. The summed E-state index contributed by atoms with van der Waals surface area (Å²) in [6, 6.07) is -7.23. The fourth-order valence-corrected chi connectivity index (χ4v) is 10.2. The molecule has 3 fully saturated rings. The van der Waals surface area contributed by atoms with E-state index in [1.165, 1.54) is 24.3 Å². The van der Waals surface area contributed by atoms with Gasteiger partial charge >= 0.3 is 5.97 Å². The van der Waals surface area contributed by atoms with Crippen LogP contribution < -0.4 is 31.9 Å². The van der Waals surface area contributed by atoms with E-state index in [0.717, 1.165) is 17.5 Å². The van der Waals surface area contributed by atoms with Crippen LogP contribution in [0.5, 0.6) is 0 Å². The SMILES string of the molecule is CC(C)CC(NC(=O)C(Cc1cnc[nH]1)NC(=O)C(NCC1(O)OC[C@H](O)[C@H](O)[C@H]1O)C(C)C)C(=O)NC(C(=O)NC(CSC1CC(=O)N(CC2CCC(C(=O)NCCc3cnc[nH]3)CC2)C1=O)C(=O)O)C(C)O. The number of rotatable bonds is 27. The zero-order valence-corrected chi connectivity index (χ0v) is 43.0. The Labute approximate surface area is 432 Å². The largest absolute Gasteiger partial charge is 0.480 e. The van der Waals surface area contributed by atoms with Gasteiger partial charge in [-0.15, -0.1) is 11.8 Å². The Morgan fingerprint density at radius 1 is 0.838 bits per heavy atom. The predicted octanol–water partition coefficient (Wildman–Crippen LogP) is -3.43. The molecule has 7 amide bonds. The number of aliphatic hydroxyl groups excluding tert-OH is 4. The molecule has 5 rings (SSSR count). The maximum atomic E-state index is 14.1. The van der Waals surface area contributed by atoms with Crippen molar-refractivity contribution in [3.05, 3.63) is 36.4 Å². The van der Waals surface area contributed by atoms with Crippen LogP contribution in [-0.2, 0) is 55.9 Å². The summed E-state index contributed by atoms with van der Waals surface area (Å²) in [7, 11) is 0. The summed E-state index contributed by atoms with van der Waals surface area (Å²) in [6.45, 7) is 7.57. The third-order valence-corrected chi connectivity index (χ3v) is 14.7. The van der Waals surface area contributed by atoms with Gasteiger partial charge in [0.2, 0.25) is 47.1 Å². The molecular formula is C47H73N11O15S. The van der Waals surface area contributed by atoms with Crippen molar-refractivity contribution in [2.24, 2.45) is 23.7 Å². The molecule has 1 saturated carbocycles. The number of carboxylic acids is 1. The van der Waals surface area contributed by atoms with Crippen molar-refractivity contribution in [3.63, 3.8) is 0 Å². The first kappa shape index (κ1) is 59.3. The molecule has 11 atom stereocenters. The lowest BCUT2D eigenvalue weighted by Gasteiger charge is -2.42. The van der Waals surface area contributed by atoms with Crippen molar-refractivity contribution in [3.8, 4) is 0 Å². The van der Waals surface area contributed by atoms with Crippen LogP contribution in [0.2, 0.25) is 0 Å². The molecule has 2 aromatic heterocycles. The molecule has 26 nitrogen and oxygen atoms in total. The van der Waals surface area contributed by atoms with E-state index in [2.05, 4.69) is 51.8 Å². The van der Waals surface area contributed by atoms with Gasteiger partial charge in [0, 0.05) is 67.8 Å². The monoisotopic (exact) mass is 1060 g/mol. The Hall–Kier alpha value is -5.55. The van der Waals surface area contributed by atoms with Crippen LogP contribution >= 0.6 is 11.8 Å². The number of imidazole rings is 2. The van der Waals surface area contributed by atoms with Gasteiger partial charge in [-0.05, 0) is 56.8 Å². The quantitative estimate of drug-likeness (QED) is 0.0387. The van der Waals surface area contributed by atoms with Gasteiger partial charge in [-0.3, -0.25) is 38.5 Å². The first-order chi connectivity index (χ1) is 35.0. The third-order valence-electron chi connectivity index (χ3n) is 13.4. The molecule has 2 aromatic rings. The molecular weight excluding hydrogens is 991 g/mol. The normalized spacial score (nSPS) is 25.6. The molecule has 14 N–H and O–H groups in total.